The van der Waals surface area contributed by atoms with Gasteiger partial charge in [-0.3, -0.25) is 9.59 Å². The molecule has 0 aromatic carbocycles. The van der Waals surface area contributed by atoms with Crippen molar-refractivity contribution in [3.05, 3.63) is 29.8 Å². The molecule has 2 aliphatic heterocycles. The Morgan fingerprint density at radius 1 is 0.976 bits per heavy atom. The van der Waals surface area contributed by atoms with Crippen LogP contribution in [0, 0.1) is 11.8 Å². The lowest BCUT2D eigenvalue weighted by atomic mass is 9.86. The summed E-state index contributed by atoms with van der Waals surface area (Å²) in [7, 11) is 0. The van der Waals surface area contributed by atoms with Crippen LogP contribution in [0.3, 0.4) is 0 Å². The number of alkyl halides is 3. The molecule has 2 aromatic heterocycles. The van der Waals surface area contributed by atoms with E-state index in [1.807, 2.05) is 11.8 Å². The second-order valence-corrected chi connectivity index (χ2v) is 11.7. The molecule has 4 heterocycles. The molecule has 0 bridgehead atoms. The molecule has 2 amide bonds. The number of carbonyl (C=O) groups is 2. The largest absolute Gasteiger partial charge is 0.437 e. The van der Waals surface area contributed by atoms with Crippen LogP contribution in [0.5, 0.6) is 0 Å². The van der Waals surface area contributed by atoms with Gasteiger partial charge in [0.25, 0.3) is 11.9 Å². The Bertz CT molecular complexity index is 1200. The summed E-state index contributed by atoms with van der Waals surface area (Å²) in [5, 5.41) is 2.47. The van der Waals surface area contributed by atoms with E-state index in [4.69, 9.17) is 4.42 Å². The van der Waals surface area contributed by atoms with Crippen LogP contribution in [0.15, 0.2) is 22.7 Å². The van der Waals surface area contributed by atoms with Crippen molar-refractivity contribution >= 4 is 29.3 Å². The molecule has 0 radical (unpaired) electrons. The van der Waals surface area contributed by atoms with Crippen molar-refractivity contribution in [3.63, 3.8) is 0 Å². The van der Waals surface area contributed by atoms with E-state index < -0.39 is 23.5 Å². The van der Waals surface area contributed by atoms with Crippen LogP contribution in [0.25, 0.3) is 0 Å². The predicted octanol–water partition coefficient (Wildman–Crippen LogP) is 5.59. The number of rotatable bonds is 6. The molecule has 9 nitrogen and oxygen atoms in total. The Labute approximate surface area is 238 Å². The lowest BCUT2D eigenvalue weighted by Gasteiger charge is -2.29. The lowest BCUT2D eigenvalue weighted by molar-refractivity contribution is -0.141. The predicted molar refractivity (Wildman–Crippen MR) is 149 cm³/mol. The first-order valence-electron chi connectivity index (χ1n) is 14.8. The Morgan fingerprint density at radius 3 is 2.46 bits per heavy atom. The molecular weight excluding hydrogens is 537 g/mol. The molecule has 1 unspecified atom stereocenters. The quantitative estimate of drug-likeness (QED) is 0.479. The van der Waals surface area contributed by atoms with E-state index in [1.165, 1.54) is 25.5 Å². The van der Waals surface area contributed by atoms with Gasteiger partial charge < -0.3 is 24.4 Å². The molecule has 3 fully saturated rings. The van der Waals surface area contributed by atoms with Crippen molar-refractivity contribution in [2.24, 2.45) is 11.8 Å². The second-order valence-electron chi connectivity index (χ2n) is 11.7. The topological polar surface area (TPSA) is 94.8 Å². The molecular formula is C29H39F3N6O3. The highest BCUT2D eigenvalue weighted by Gasteiger charge is 2.42. The summed E-state index contributed by atoms with van der Waals surface area (Å²) >= 11 is 0. The zero-order chi connectivity index (χ0) is 29.0. The molecule has 1 aliphatic carbocycles. The van der Waals surface area contributed by atoms with Crippen LogP contribution in [-0.2, 0) is 11.0 Å². The number of aromatic nitrogens is 2. The SMILES string of the molecule is CC1CCCN(c2nc(C(F)(F)F)c(C(=O)Nc3ccc(N4CCCN(C(=O)CC5CCCCC5)CC4)nc3)o2)C1. The molecule has 2 saturated heterocycles. The highest BCUT2D eigenvalue weighted by atomic mass is 19.4. The van der Waals surface area contributed by atoms with Crippen molar-refractivity contribution in [2.75, 3.05) is 54.4 Å². The third kappa shape index (κ3) is 7.32. The van der Waals surface area contributed by atoms with Gasteiger partial charge in [-0.2, -0.15) is 18.2 Å². The van der Waals surface area contributed by atoms with Crippen molar-refractivity contribution in [2.45, 2.75) is 70.9 Å². The lowest BCUT2D eigenvalue weighted by Crippen LogP contribution is -2.36. The van der Waals surface area contributed by atoms with Crippen molar-refractivity contribution in [1.82, 2.24) is 14.9 Å². The van der Waals surface area contributed by atoms with Crippen LogP contribution < -0.4 is 15.1 Å². The molecule has 0 spiro atoms. The summed E-state index contributed by atoms with van der Waals surface area (Å²) in [6.45, 7) is 5.77. The minimum atomic E-state index is -4.84. The maximum atomic E-state index is 13.7. The molecule has 5 rings (SSSR count). The van der Waals surface area contributed by atoms with Crippen LogP contribution in [0.4, 0.5) is 30.7 Å². The molecule has 12 heteroatoms. The third-order valence-electron chi connectivity index (χ3n) is 8.38. The first-order valence-corrected chi connectivity index (χ1v) is 14.8. The minimum Gasteiger partial charge on any atom is -0.417 e. The standard InChI is InChI=1S/C29H39F3N6O3/c1-20-7-5-12-38(19-20)28-35-26(29(30,31)32)25(41-28)27(40)34-22-10-11-23(33-18-22)36-13-6-14-37(16-15-36)24(39)17-21-8-3-2-4-9-21/h10-11,18,20-21H,2-9,12-17,19H2,1H3,(H,34,40). The van der Waals surface area contributed by atoms with Gasteiger partial charge in [0, 0.05) is 45.7 Å². The first-order chi connectivity index (χ1) is 19.7. The van der Waals surface area contributed by atoms with Gasteiger partial charge in [0.15, 0.2) is 5.69 Å². The van der Waals surface area contributed by atoms with E-state index in [1.54, 1.807) is 17.0 Å². The van der Waals surface area contributed by atoms with Crippen molar-refractivity contribution < 1.29 is 27.2 Å². The number of amides is 2. The summed E-state index contributed by atoms with van der Waals surface area (Å²) in [6.07, 6.45) is 5.82. The van der Waals surface area contributed by atoms with Crippen LogP contribution in [0.1, 0.15) is 81.0 Å². The van der Waals surface area contributed by atoms with Crippen molar-refractivity contribution in [3.8, 4) is 0 Å². The number of nitrogens with zero attached hydrogens (tertiary/aromatic N) is 5. The van der Waals surface area contributed by atoms with E-state index in [0.717, 1.165) is 38.6 Å². The number of piperidine rings is 1. The number of anilines is 3. The number of oxazole rings is 1. The molecule has 1 atom stereocenters. The number of hydrogen-bond acceptors (Lipinski definition) is 7. The van der Waals surface area contributed by atoms with Crippen LogP contribution in [-0.4, -0.2) is 66.0 Å². The fraction of sp³-hybridized carbons (Fsp3) is 0.655. The summed E-state index contributed by atoms with van der Waals surface area (Å²) in [6, 6.07) is 3.14. The van der Waals surface area contributed by atoms with Gasteiger partial charge in [-0.15, -0.1) is 0 Å². The Kier molecular flexibility index (Phi) is 9.03. The maximum absolute atomic E-state index is 13.7. The van der Waals surface area contributed by atoms with E-state index in [-0.39, 0.29) is 17.6 Å². The summed E-state index contributed by atoms with van der Waals surface area (Å²) in [4.78, 5) is 39.6. The zero-order valence-electron chi connectivity index (χ0n) is 23.6. The molecule has 3 aliphatic rings. The molecule has 1 N–H and O–H groups in total. The van der Waals surface area contributed by atoms with Gasteiger partial charge >= 0.3 is 6.18 Å². The monoisotopic (exact) mass is 576 g/mol. The van der Waals surface area contributed by atoms with E-state index >= 15 is 0 Å². The zero-order valence-corrected chi connectivity index (χ0v) is 23.6. The van der Waals surface area contributed by atoms with E-state index in [2.05, 4.69) is 20.2 Å². The number of pyridine rings is 1. The van der Waals surface area contributed by atoms with Crippen LogP contribution >= 0.6 is 0 Å². The van der Waals surface area contributed by atoms with Gasteiger partial charge in [-0.1, -0.05) is 26.2 Å². The number of halogens is 3. The fourth-order valence-corrected chi connectivity index (χ4v) is 6.15. The fourth-order valence-electron chi connectivity index (χ4n) is 6.15. The normalized spacial score (nSPS) is 21.1. The summed E-state index contributed by atoms with van der Waals surface area (Å²) < 4.78 is 46.6. The number of carbonyl (C=O) groups excluding carboxylic acids is 2. The van der Waals surface area contributed by atoms with Gasteiger partial charge in [0.05, 0.1) is 11.9 Å². The number of nitrogens with one attached hydrogen (secondary N) is 1. The van der Waals surface area contributed by atoms with E-state index in [9.17, 15) is 22.8 Å². The molecule has 224 valence electrons. The smallest absolute Gasteiger partial charge is 0.417 e. The number of hydrogen-bond donors (Lipinski definition) is 1. The van der Waals surface area contributed by atoms with Gasteiger partial charge in [-0.25, -0.2) is 4.98 Å². The van der Waals surface area contributed by atoms with Gasteiger partial charge in [0.1, 0.15) is 5.82 Å². The first kappa shape index (κ1) is 29.2. The maximum Gasteiger partial charge on any atom is 0.437 e. The Morgan fingerprint density at radius 2 is 1.76 bits per heavy atom. The van der Waals surface area contributed by atoms with E-state index in [0.29, 0.717) is 56.8 Å². The molecule has 2 aromatic rings. The Hall–Kier alpha value is -3.31. The molecule has 41 heavy (non-hydrogen) atoms. The summed E-state index contributed by atoms with van der Waals surface area (Å²) in [5.74, 6) is -0.182. The molecule has 1 saturated carbocycles. The second kappa shape index (κ2) is 12.7. The average Bonchev–Trinajstić information content (AvgIpc) is 3.27. The Balaban J connectivity index is 1.20. The van der Waals surface area contributed by atoms with Gasteiger partial charge in [0.2, 0.25) is 11.7 Å². The third-order valence-corrected chi connectivity index (χ3v) is 8.38. The highest BCUT2D eigenvalue weighted by molar-refractivity contribution is 6.03. The van der Waals surface area contributed by atoms with Crippen LogP contribution in [0.2, 0.25) is 0 Å². The average molecular weight is 577 g/mol. The summed E-state index contributed by atoms with van der Waals surface area (Å²) in [5.41, 5.74) is -1.09. The minimum absolute atomic E-state index is 0.185. The highest BCUT2D eigenvalue weighted by Crippen LogP contribution is 2.35. The van der Waals surface area contributed by atoms with Crippen molar-refractivity contribution in [1.29, 1.82) is 0 Å². The van der Waals surface area contributed by atoms with Gasteiger partial charge in [-0.05, 0) is 56.1 Å².